The second kappa shape index (κ2) is 6.01. The van der Waals surface area contributed by atoms with Crippen LogP contribution < -0.4 is 5.73 Å². The first-order chi connectivity index (χ1) is 10.3. The lowest BCUT2D eigenvalue weighted by molar-refractivity contribution is -0.133. The van der Waals surface area contributed by atoms with Gasteiger partial charge in [-0.05, 0) is 24.5 Å². The van der Waals surface area contributed by atoms with Gasteiger partial charge in [-0.3, -0.25) is 9.78 Å². The smallest absolute Gasteiger partial charge is 0.244 e. The number of rotatable bonds is 6. The largest absolute Gasteiger partial charge is 0.334 e. The van der Waals surface area contributed by atoms with Crippen LogP contribution in [0.4, 0.5) is 0 Å². The summed E-state index contributed by atoms with van der Waals surface area (Å²) in [6, 6.07) is 4.21. The number of carbonyl (C=O) groups is 1. The molecule has 1 saturated carbocycles. The zero-order valence-electron chi connectivity index (χ0n) is 11.7. The minimum absolute atomic E-state index is 0.0508. The van der Waals surface area contributed by atoms with Crippen molar-refractivity contribution >= 4 is 5.91 Å². The van der Waals surface area contributed by atoms with Crippen molar-refractivity contribution in [2.24, 2.45) is 5.73 Å². The van der Waals surface area contributed by atoms with Gasteiger partial charge in [0, 0.05) is 31.5 Å². The van der Waals surface area contributed by atoms with E-state index in [9.17, 15) is 4.79 Å². The average molecular weight is 286 g/mol. The van der Waals surface area contributed by atoms with Gasteiger partial charge in [0.25, 0.3) is 0 Å². The van der Waals surface area contributed by atoms with E-state index in [0.29, 0.717) is 24.8 Å². The van der Waals surface area contributed by atoms with Crippen LogP contribution in [0.2, 0.25) is 0 Å². The predicted octanol–water partition coefficient (Wildman–Crippen LogP) is 0.323. The summed E-state index contributed by atoms with van der Waals surface area (Å²) >= 11 is 0. The van der Waals surface area contributed by atoms with E-state index in [-0.39, 0.29) is 12.5 Å². The van der Waals surface area contributed by atoms with Crippen LogP contribution in [-0.2, 0) is 24.4 Å². The van der Waals surface area contributed by atoms with E-state index >= 15 is 0 Å². The van der Waals surface area contributed by atoms with E-state index < -0.39 is 0 Å². The van der Waals surface area contributed by atoms with Gasteiger partial charge < -0.3 is 10.6 Å². The average Bonchev–Trinajstić information content (AvgIpc) is 3.25. The Hall–Kier alpha value is -2.28. The van der Waals surface area contributed by atoms with Crippen molar-refractivity contribution in [1.29, 1.82) is 0 Å². The molecule has 7 heteroatoms. The van der Waals surface area contributed by atoms with Gasteiger partial charge in [0.2, 0.25) is 5.91 Å². The lowest BCUT2D eigenvalue weighted by atomic mass is 10.2. The summed E-state index contributed by atoms with van der Waals surface area (Å²) in [5.74, 6) is 0.0508. The zero-order valence-corrected chi connectivity index (χ0v) is 11.7. The van der Waals surface area contributed by atoms with E-state index in [4.69, 9.17) is 5.73 Å². The third-order valence-electron chi connectivity index (χ3n) is 3.48. The molecule has 0 aliphatic heterocycles. The van der Waals surface area contributed by atoms with Gasteiger partial charge in [0.05, 0.1) is 11.9 Å². The summed E-state index contributed by atoms with van der Waals surface area (Å²) in [5.41, 5.74) is 7.22. The molecule has 2 heterocycles. The number of hydrogen-bond acceptors (Lipinski definition) is 5. The monoisotopic (exact) mass is 286 g/mol. The van der Waals surface area contributed by atoms with Crippen molar-refractivity contribution < 1.29 is 4.79 Å². The van der Waals surface area contributed by atoms with Crippen LogP contribution in [0.1, 0.15) is 24.1 Å². The number of pyridine rings is 1. The molecule has 1 aliphatic rings. The molecule has 0 radical (unpaired) electrons. The molecular weight excluding hydrogens is 268 g/mol. The van der Waals surface area contributed by atoms with Gasteiger partial charge in [-0.25, -0.2) is 4.68 Å². The Balaban J connectivity index is 1.67. The number of nitrogens with two attached hydrogens (primary N) is 1. The quantitative estimate of drug-likeness (QED) is 0.826. The minimum Gasteiger partial charge on any atom is -0.334 e. The molecule has 1 aliphatic carbocycles. The molecule has 7 nitrogen and oxygen atoms in total. The normalized spacial score (nSPS) is 14.1. The highest BCUT2D eigenvalue weighted by Crippen LogP contribution is 2.28. The van der Waals surface area contributed by atoms with Crippen LogP contribution in [0.5, 0.6) is 0 Å². The highest BCUT2D eigenvalue weighted by molar-refractivity contribution is 5.76. The first-order valence-corrected chi connectivity index (χ1v) is 7.03. The molecule has 1 fully saturated rings. The molecule has 0 bridgehead atoms. The second-order valence-electron chi connectivity index (χ2n) is 5.23. The van der Waals surface area contributed by atoms with E-state index in [1.807, 2.05) is 17.0 Å². The molecule has 0 atom stereocenters. The fourth-order valence-corrected chi connectivity index (χ4v) is 2.23. The fraction of sp³-hybridized carbons (Fsp3) is 0.429. The maximum Gasteiger partial charge on any atom is 0.244 e. The maximum absolute atomic E-state index is 12.5. The molecule has 2 aromatic rings. The van der Waals surface area contributed by atoms with Gasteiger partial charge in [0.15, 0.2) is 0 Å². The van der Waals surface area contributed by atoms with Gasteiger partial charge in [0.1, 0.15) is 6.54 Å². The molecule has 1 amide bonds. The highest BCUT2D eigenvalue weighted by Gasteiger charge is 2.32. The lowest BCUT2D eigenvalue weighted by Gasteiger charge is -2.22. The van der Waals surface area contributed by atoms with Gasteiger partial charge in [-0.1, -0.05) is 11.3 Å². The Morgan fingerprint density at radius 1 is 1.48 bits per heavy atom. The van der Waals surface area contributed by atoms with E-state index in [2.05, 4.69) is 15.3 Å². The van der Waals surface area contributed by atoms with Crippen molar-refractivity contribution in [3.63, 3.8) is 0 Å². The molecule has 2 N–H and O–H groups in total. The number of hydrogen-bond donors (Lipinski definition) is 1. The maximum atomic E-state index is 12.5. The van der Waals surface area contributed by atoms with Crippen molar-refractivity contribution in [3.8, 4) is 0 Å². The number of nitrogens with zero attached hydrogens (tertiary/aromatic N) is 5. The second-order valence-corrected chi connectivity index (χ2v) is 5.23. The molecule has 110 valence electrons. The third kappa shape index (κ3) is 3.43. The molecule has 0 saturated heterocycles. The molecule has 0 unspecified atom stereocenters. The summed E-state index contributed by atoms with van der Waals surface area (Å²) in [4.78, 5) is 18.5. The van der Waals surface area contributed by atoms with E-state index in [1.54, 1.807) is 23.3 Å². The molecule has 2 aromatic heterocycles. The highest BCUT2D eigenvalue weighted by atomic mass is 16.2. The summed E-state index contributed by atoms with van der Waals surface area (Å²) in [6.07, 6.45) is 7.38. The summed E-state index contributed by atoms with van der Waals surface area (Å²) < 4.78 is 1.54. The van der Waals surface area contributed by atoms with Crippen LogP contribution in [0.15, 0.2) is 30.7 Å². The molecular formula is C14H18N6O. The predicted molar refractivity (Wildman–Crippen MR) is 75.7 cm³/mol. The third-order valence-corrected chi connectivity index (χ3v) is 3.48. The van der Waals surface area contributed by atoms with Crippen LogP contribution >= 0.6 is 0 Å². The first kappa shape index (κ1) is 13.7. The number of aromatic nitrogens is 4. The molecule has 0 aromatic carbocycles. The number of amides is 1. The Kier molecular flexibility index (Phi) is 3.92. The summed E-state index contributed by atoms with van der Waals surface area (Å²) in [6.45, 7) is 1.12. The van der Waals surface area contributed by atoms with Crippen LogP contribution in [0.3, 0.4) is 0 Å². The molecule has 0 spiro atoms. The van der Waals surface area contributed by atoms with Crippen LogP contribution in [-0.4, -0.2) is 36.8 Å². The Morgan fingerprint density at radius 3 is 2.95 bits per heavy atom. The van der Waals surface area contributed by atoms with Crippen LogP contribution in [0.25, 0.3) is 0 Å². The topological polar surface area (TPSA) is 89.9 Å². The minimum atomic E-state index is 0.0508. The van der Waals surface area contributed by atoms with Gasteiger partial charge >= 0.3 is 0 Å². The Labute approximate surface area is 122 Å². The van der Waals surface area contributed by atoms with Crippen LogP contribution in [0, 0.1) is 0 Å². The standard InChI is InChI=1S/C14H18N6O/c15-6-12-9-19(18-17-12)10-14(21)20(13-3-4-13)8-11-2-1-5-16-7-11/h1-2,5,7,9,13H,3-4,6,8,10,15H2. The van der Waals surface area contributed by atoms with Crippen molar-refractivity contribution in [2.75, 3.05) is 0 Å². The molecule has 21 heavy (non-hydrogen) atoms. The van der Waals surface area contributed by atoms with E-state index in [1.165, 1.54) is 0 Å². The molecule has 3 rings (SSSR count). The summed E-state index contributed by atoms with van der Waals surface area (Å²) in [7, 11) is 0. The fourth-order valence-electron chi connectivity index (χ4n) is 2.23. The lowest BCUT2D eigenvalue weighted by Crippen LogP contribution is -2.35. The Morgan fingerprint density at radius 2 is 2.33 bits per heavy atom. The van der Waals surface area contributed by atoms with Gasteiger partial charge in [-0.15, -0.1) is 5.10 Å². The van der Waals surface area contributed by atoms with Gasteiger partial charge in [-0.2, -0.15) is 0 Å². The van der Waals surface area contributed by atoms with Crippen molar-refractivity contribution in [3.05, 3.63) is 42.0 Å². The summed E-state index contributed by atoms with van der Waals surface area (Å²) in [5, 5.41) is 7.82. The SMILES string of the molecule is NCc1cn(CC(=O)N(Cc2cccnc2)C2CC2)nn1. The van der Waals surface area contributed by atoms with E-state index in [0.717, 1.165) is 18.4 Å². The Bertz CT molecular complexity index is 607. The first-order valence-electron chi connectivity index (χ1n) is 7.03. The number of carbonyl (C=O) groups excluding carboxylic acids is 1. The zero-order chi connectivity index (χ0) is 14.7. The van der Waals surface area contributed by atoms with Crippen molar-refractivity contribution in [2.45, 2.75) is 38.5 Å². The van der Waals surface area contributed by atoms with Crippen molar-refractivity contribution in [1.82, 2.24) is 24.9 Å².